The Balaban J connectivity index is 1.89. The number of nitrogens with one attached hydrogen (secondary N) is 1. The molecule has 1 unspecified atom stereocenters. The normalized spacial score (nSPS) is 21.1. The highest BCUT2D eigenvalue weighted by molar-refractivity contribution is 5.74. The van der Waals surface area contributed by atoms with Gasteiger partial charge in [0.05, 0.1) is 6.61 Å². The Labute approximate surface area is 293 Å². The summed E-state index contributed by atoms with van der Waals surface area (Å²) >= 11 is 0. The molecule has 0 radical (unpaired) electrons. The summed E-state index contributed by atoms with van der Waals surface area (Å²) in [5.74, 6) is -2.79. The summed E-state index contributed by atoms with van der Waals surface area (Å²) in [7, 11) is 0. The zero-order valence-corrected chi connectivity index (χ0v) is 30.2. The first-order valence-corrected chi connectivity index (χ1v) is 18.4. The van der Waals surface area contributed by atoms with Crippen LogP contribution in [0, 0.1) is 0 Å². The minimum Gasteiger partial charge on any atom is -0.479 e. The predicted octanol–water partition coefficient (Wildman–Crippen LogP) is 7.03. The van der Waals surface area contributed by atoms with E-state index in [1.54, 1.807) is 0 Å². The van der Waals surface area contributed by atoms with E-state index < -0.39 is 60.6 Å². The van der Waals surface area contributed by atoms with Crippen molar-refractivity contribution < 1.29 is 48.0 Å². The lowest BCUT2D eigenvalue weighted by atomic mass is 9.95. The van der Waals surface area contributed by atoms with Gasteiger partial charge in [0.15, 0.2) is 18.5 Å². The van der Waals surface area contributed by atoms with Crippen molar-refractivity contribution in [1.29, 1.82) is 0 Å². The van der Waals surface area contributed by atoms with Gasteiger partial charge in [0.2, 0.25) is 5.91 Å². The van der Waals surface area contributed by atoms with E-state index in [1.165, 1.54) is 91.4 Å². The van der Waals surface area contributed by atoms with Crippen LogP contribution in [0.5, 0.6) is 0 Å². The average molecular weight is 692 g/mol. The predicted molar refractivity (Wildman–Crippen MR) is 186 cm³/mol. The summed E-state index contributed by atoms with van der Waals surface area (Å²) in [4.78, 5) is 48.9. The maximum Gasteiger partial charge on any atom is 0.332 e. The lowest BCUT2D eigenvalue weighted by Gasteiger charge is -2.45. The second-order valence-corrected chi connectivity index (χ2v) is 13.1. The first-order valence-electron chi connectivity index (χ1n) is 18.4. The second-order valence-electron chi connectivity index (χ2n) is 13.1. The van der Waals surface area contributed by atoms with Gasteiger partial charge in [-0.1, -0.05) is 127 Å². The number of rotatable bonds is 26. The maximum absolute atomic E-state index is 12.7. The van der Waals surface area contributed by atoms with E-state index in [4.69, 9.17) is 23.7 Å². The van der Waals surface area contributed by atoms with Gasteiger partial charge in [0.25, 0.3) is 0 Å². The molecule has 1 aromatic rings. The largest absolute Gasteiger partial charge is 0.479 e. The summed E-state index contributed by atoms with van der Waals surface area (Å²) in [5, 5.41) is 12.3. The molecule has 0 spiro atoms. The van der Waals surface area contributed by atoms with Gasteiger partial charge in [0, 0.05) is 20.3 Å². The van der Waals surface area contributed by atoms with E-state index in [2.05, 4.69) is 12.2 Å². The van der Waals surface area contributed by atoms with E-state index in [9.17, 15) is 24.3 Å². The minimum atomic E-state index is -1.32. The summed E-state index contributed by atoms with van der Waals surface area (Å²) < 4.78 is 29.2. The molecule has 2 N–H and O–H groups in total. The van der Waals surface area contributed by atoms with Crippen molar-refractivity contribution >= 4 is 23.8 Å². The quantitative estimate of drug-likeness (QED) is 0.0767. The van der Waals surface area contributed by atoms with Crippen LogP contribution in [-0.2, 0) is 49.5 Å². The average Bonchev–Trinajstić information content (AvgIpc) is 3.06. The minimum absolute atomic E-state index is 0.104. The number of unbranched alkanes of at least 4 members (excludes halogenated alkanes) is 14. The highest BCUT2D eigenvalue weighted by atomic mass is 16.7. The number of carboxylic acids is 1. The molecule has 11 nitrogen and oxygen atoms in total. The molecule has 1 heterocycles. The van der Waals surface area contributed by atoms with Crippen LogP contribution in [0.15, 0.2) is 30.3 Å². The molecule has 1 aromatic carbocycles. The van der Waals surface area contributed by atoms with Gasteiger partial charge in [-0.25, -0.2) is 4.79 Å². The van der Waals surface area contributed by atoms with E-state index in [1.807, 2.05) is 30.3 Å². The van der Waals surface area contributed by atoms with E-state index in [0.29, 0.717) is 6.42 Å². The topological polar surface area (TPSA) is 147 Å². The molecule has 1 aliphatic rings. The molecule has 278 valence electrons. The van der Waals surface area contributed by atoms with E-state index in [-0.39, 0.29) is 19.6 Å². The second kappa shape index (κ2) is 25.0. The van der Waals surface area contributed by atoms with Gasteiger partial charge in [-0.3, -0.25) is 14.4 Å². The SMILES string of the molecule is CCCCCCCCCCCCCCCCCC(=O)OC[C@H]1O[C@@H](OCc2ccccc2)[C@H](NC(C)=O)[C@@H](OC(C)C(=O)O)[C@@H]1OC(C)=O. The van der Waals surface area contributed by atoms with Crippen molar-refractivity contribution in [1.82, 2.24) is 5.32 Å². The molecule has 1 aliphatic heterocycles. The Hall–Kier alpha value is -3.02. The van der Waals surface area contributed by atoms with Crippen LogP contribution >= 0.6 is 0 Å². The molecule has 49 heavy (non-hydrogen) atoms. The van der Waals surface area contributed by atoms with Crippen molar-refractivity contribution in [2.45, 2.75) is 174 Å². The number of carboxylic acid groups (broad SMARTS) is 1. The van der Waals surface area contributed by atoms with Gasteiger partial charge in [-0.05, 0) is 18.9 Å². The molecule has 1 amide bonds. The third kappa shape index (κ3) is 18.0. The summed E-state index contributed by atoms with van der Waals surface area (Å²) in [6.45, 7) is 5.89. The molecular weight excluding hydrogens is 630 g/mol. The summed E-state index contributed by atoms with van der Waals surface area (Å²) in [5.41, 5.74) is 0.831. The number of hydrogen-bond donors (Lipinski definition) is 2. The van der Waals surface area contributed by atoms with Crippen LogP contribution in [0.4, 0.5) is 0 Å². The fourth-order valence-electron chi connectivity index (χ4n) is 6.00. The third-order valence-electron chi connectivity index (χ3n) is 8.68. The van der Waals surface area contributed by atoms with Crippen molar-refractivity contribution in [3.05, 3.63) is 35.9 Å². The number of aliphatic carboxylic acids is 1. The van der Waals surface area contributed by atoms with Crippen molar-refractivity contribution in [2.75, 3.05) is 6.61 Å². The molecule has 0 aliphatic carbocycles. The maximum atomic E-state index is 12.7. The lowest BCUT2D eigenvalue weighted by molar-refractivity contribution is -0.288. The van der Waals surface area contributed by atoms with Gasteiger partial charge in [0.1, 0.15) is 24.9 Å². The number of amides is 1. The highest BCUT2D eigenvalue weighted by Gasteiger charge is 2.51. The standard InChI is InChI=1S/C38H61NO10/c1-5-6-7-8-9-10-11-12-13-14-15-16-17-18-22-25-33(42)45-27-32-35(48-30(4)41)36(47-28(2)37(43)44)34(39-29(3)40)38(49-32)46-26-31-23-20-19-21-24-31/h19-21,23-24,28,32,34-36,38H,5-18,22,25-27H2,1-4H3,(H,39,40)(H,43,44)/t28?,32-,34-,35-,36-,38-/m1/s1. The molecule has 0 saturated carbocycles. The van der Waals surface area contributed by atoms with Crippen molar-refractivity contribution in [2.24, 2.45) is 0 Å². The molecule has 0 bridgehead atoms. The van der Waals surface area contributed by atoms with Crippen LogP contribution in [-0.4, -0.2) is 72.3 Å². The Bertz CT molecular complexity index is 1080. The van der Waals surface area contributed by atoms with E-state index in [0.717, 1.165) is 24.8 Å². The first kappa shape index (κ1) is 42.1. The van der Waals surface area contributed by atoms with Gasteiger partial charge >= 0.3 is 17.9 Å². The van der Waals surface area contributed by atoms with Crippen molar-refractivity contribution in [3.8, 4) is 0 Å². The lowest BCUT2D eigenvalue weighted by Crippen LogP contribution is -2.67. The smallest absolute Gasteiger partial charge is 0.332 e. The molecule has 1 fully saturated rings. The number of ether oxygens (including phenoxy) is 5. The Morgan fingerprint density at radius 3 is 1.88 bits per heavy atom. The summed E-state index contributed by atoms with van der Waals surface area (Å²) in [6, 6.07) is 8.24. The van der Waals surface area contributed by atoms with E-state index >= 15 is 0 Å². The zero-order valence-electron chi connectivity index (χ0n) is 30.2. The zero-order chi connectivity index (χ0) is 35.9. The van der Waals surface area contributed by atoms with Crippen LogP contribution < -0.4 is 5.32 Å². The molecule has 6 atom stereocenters. The number of esters is 2. The monoisotopic (exact) mass is 691 g/mol. The van der Waals surface area contributed by atoms with Crippen molar-refractivity contribution in [3.63, 3.8) is 0 Å². The number of hydrogen-bond acceptors (Lipinski definition) is 9. The van der Waals surface area contributed by atoms with Crippen LogP contribution in [0.2, 0.25) is 0 Å². The number of benzene rings is 1. The highest BCUT2D eigenvalue weighted by Crippen LogP contribution is 2.29. The molecule has 0 aromatic heterocycles. The van der Waals surface area contributed by atoms with Crippen LogP contribution in [0.1, 0.15) is 136 Å². The number of carbonyl (C=O) groups excluding carboxylic acids is 3. The fraction of sp³-hybridized carbons (Fsp3) is 0.737. The summed E-state index contributed by atoms with van der Waals surface area (Å²) in [6.07, 6.45) is 12.8. The van der Waals surface area contributed by atoms with Gasteiger partial charge in [-0.2, -0.15) is 0 Å². The molecule has 11 heteroatoms. The molecule has 1 saturated heterocycles. The third-order valence-corrected chi connectivity index (χ3v) is 8.68. The Morgan fingerprint density at radius 1 is 0.816 bits per heavy atom. The fourth-order valence-corrected chi connectivity index (χ4v) is 6.00. The van der Waals surface area contributed by atoms with Crippen LogP contribution in [0.25, 0.3) is 0 Å². The molecule has 2 rings (SSSR count). The Morgan fingerprint density at radius 2 is 1.37 bits per heavy atom. The van der Waals surface area contributed by atoms with Crippen LogP contribution in [0.3, 0.4) is 0 Å². The molecular formula is C38H61NO10. The first-order chi connectivity index (χ1) is 23.6. The van der Waals surface area contributed by atoms with Gasteiger partial charge in [-0.15, -0.1) is 0 Å². The number of carbonyl (C=O) groups is 4. The van der Waals surface area contributed by atoms with Gasteiger partial charge < -0.3 is 34.1 Å². The Kier molecular flexibility index (Phi) is 21.5.